The number of halogens is 1. The normalized spacial score (nSPS) is 9.30. The Balaban J connectivity index is 2.43. The van der Waals surface area contributed by atoms with Gasteiger partial charge in [-0.25, -0.2) is 0 Å². The Hall–Kier alpha value is 0.0425. The lowest BCUT2D eigenvalue weighted by molar-refractivity contribution is 1.13. The van der Waals surface area contributed by atoms with Crippen molar-refractivity contribution in [2.75, 3.05) is 0 Å². The fourth-order valence-corrected chi connectivity index (χ4v) is 1.86. The molecule has 0 aliphatic carbocycles. The minimum absolute atomic E-state index is 0.258. The van der Waals surface area contributed by atoms with Gasteiger partial charge in [0.15, 0.2) is 0 Å². The van der Waals surface area contributed by atoms with Crippen LogP contribution in [-0.2, 0) is 6.42 Å². The topological polar surface area (TPSA) is 0 Å². The first-order valence-corrected chi connectivity index (χ1v) is 6.67. The smallest absolute Gasteiger partial charge is 0.267 e. The Morgan fingerprint density at radius 2 is 1.90 bits per heavy atom. The van der Waals surface area contributed by atoms with Gasteiger partial charge in [-0.3, -0.25) is 10.0 Å². The summed E-state index contributed by atoms with van der Waals surface area (Å²) in [5, 5.41) is 1.21. The molecule has 52 valence electrons. The Bertz CT molecular complexity index is 174. The van der Waals surface area contributed by atoms with E-state index >= 15 is 0 Å². The maximum absolute atomic E-state index is 5.69. The molecule has 0 amide bonds. The molecule has 0 aliphatic heterocycles. The van der Waals surface area contributed by atoms with Crippen molar-refractivity contribution in [2.24, 2.45) is 0 Å². The second-order valence-electron chi connectivity index (χ2n) is 2.28. The van der Waals surface area contributed by atoms with Gasteiger partial charge in [0.1, 0.15) is 0 Å². The minimum atomic E-state index is -0.258. The van der Waals surface area contributed by atoms with Crippen LogP contribution in [0.3, 0.4) is 0 Å². The van der Waals surface area contributed by atoms with Gasteiger partial charge in [-0.1, -0.05) is 35.6 Å². The van der Waals surface area contributed by atoms with E-state index in [1.165, 1.54) is 10.8 Å². The summed E-state index contributed by atoms with van der Waals surface area (Å²) in [7, 11) is 5.69. The molecule has 0 heterocycles. The van der Waals surface area contributed by atoms with Crippen molar-refractivity contribution in [3.63, 3.8) is 0 Å². The van der Waals surface area contributed by atoms with Crippen LogP contribution in [-0.4, -0.2) is 14.3 Å². The molecule has 0 aromatic heterocycles. The molecule has 0 bridgehead atoms. The highest BCUT2D eigenvalue weighted by Gasteiger charge is 1.91. The average molecular weight is 169 g/mol. The Morgan fingerprint density at radius 3 is 2.50 bits per heavy atom. The van der Waals surface area contributed by atoms with Gasteiger partial charge >= 0.3 is 14.3 Å². The van der Waals surface area contributed by atoms with E-state index < -0.39 is 0 Å². The molecule has 0 unspecified atom stereocenters. The molecule has 1 aromatic carbocycles. The van der Waals surface area contributed by atoms with E-state index in [1.54, 1.807) is 0 Å². The van der Waals surface area contributed by atoms with Crippen LogP contribution in [0.4, 0.5) is 0 Å². The van der Waals surface area contributed by atoms with Gasteiger partial charge in [-0.05, 0) is 12.0 Å². The van der Waals surface area contributed by atoms with Crippen molar-refractivity contribution in [1.82, 2.24) is 0 Å². The lowest BCUT2D eigenvalue weighted by Crippen LogP contribution is -1.85. The number of hydrogen-bond acceptors (Lipinski definition) is 0. The van der Waals surface area contributed by atoms with E-state index in [1.807, 2.05) is 6.07 Å². The Labute approximate surface area is 72.1 Å². The molecular weight excluding hydrogens is 159 g/mol. The van der Waals surface area contributed by atoms with Crippen molar-refractivity contribution >= 4 is 24.3 Å². The molecule has 0 saturated carbocycles. The average Bonchev–Trinajstić information content (AvgIpc) is 2.03. The first-order valence-electron chi connectivity index (χ1n) is 3.53. The standard InChI is InChI=1S/C8H9.Al.ClH.H/c1-2-8-6-4-3-5-7-8;;;/h3-7H,1-2H2;;1H;/q;+1;;/p-1. The number of benzene rings is 1. The van der Waals surface area contributed by atoms with Gasteiger partial charge in [0.05, 0.1) is 0 Å². The maximum atomic E-state index is 5.69. The van der Waals surface area contributed by atoms with Gasteiger partial charge in [0.2, 0.25) is 0 Å². The number of hydrogen-bond donors (Lipinski definition) is 0. The molecule has 0 saturated heterocycles. The van der Waals surface area contributed by atoms with E-state index in [4.69, 9.17) is 10.0 Å². The van der Waals surface area contributed by atoms with Crippen LogP contribution >= 0.6 is 10.0 Å². The Kier molecular flexibility index (Phi) is 3.91. The summed E-state index contributed by atoms with van der Waals surface area (Å²) in [5.74, 6) is 0. The molecule has 1 rings (SSSR count). The van der Waals surface area contributed by atoms with Gasteiger partial charge in [-0.2, -0.15) is 0 Å². The third-order valence-corrected chi connectivity index (χ3v) is 2.86. The van der Waals surface area contributed by atoms with Crippen molar-refractivity contribution < 1.29 is 0 Å². The van der Waals surface area contributed by atoms with Gasteiger partial charge in [-0.15, -0.1) is 0 Å². The zero-order valence-corrected chi connectivity index (χ0v) is 8.06. The lowest BCUT2D eigenvalue weighted by atomic mass is 10.2. The summed E-state index contributed by atoms with van der Waals surface area (Å²) in [6, 6.07) is 10.5. The number of aryl methyl sites for hydroxylation is 1. The first kappa shape index (κ1) is 8.14. The molecule has 1 aromatic rings. The second-order valence-corrected chi connectivity index (χ2v) is 4.50. The second kappa shape index (κ2) is 4.80. The van der Waals surface area contributed by atoms with Crippen LogP contribution in [0.2, 0.25) is 5.28 Å². The fourth-order valence-electron chi connectivity index (χ4n) is 0.916. The Morgan fingerprint density at radius 1 is 1.20 bits per heavy atom. The molecule has 2 heteroatoms. The summed E-state index contributed by atoms with van der Waals surface area (Å²) < 4.78 is 0. The molecule has 0 aliphatic rings. The van der Waals surface area contributed by atoms with Gasteiger partial charge in [0.25, 0.3) is 0 Å². The highest BCUT2D eigenvalue weighted by atomic mass is 35.6. The van der Waals surface area contributed by atoms with Crippen molar-refractivity contribution in [1.29, 1.82) is 0 Å². The first-order chi connectivity index (χ1) is 4.93. The van der Waals surface area contributed by atoms with Crippen LogP contribution in [0.15, 0.2) is 30.3 Å². The predicted molar refractivity (Wildman–Crippen MR) is 48.0 cm³/mol. The molecule has 0 radical (unpaired) electrons. The summed E-state index contributed by atoms with van der Waals surface area (Å²) in [5.41, 5.74) is 1.41. The molecule has 0 atom stereocenters. The fraction of sp³-hybridized carbons (Fsp3) is 0.250. The molecule has 0 fully saturated rings. The maximum Gasteiger partial charge on any atom is 0.377 e. The molecular formula is C8H10AlCl. The van der Waals surface area contributed by atoms with E-state index in [2.05, 4.69) is 24.3 Å². The van der Waals surface area contributed by atoms with Crippen molar-refractivity contribution in [2.45, 2.75) is 11.7 Å². The zero-order chi connectivity index (χ0) is 7.23. The molecule has 0 N–H and O–H groups in total. The molecule has 10 heavy (non-hydrogen) atoms. The molecule has 0 nitrogen and oxygen atoms in total. The molecule has 0 spiro atoms. The van der Waals surface area contributed by atoms with E-state index in [0.29, 0.717) is 0 Å². The van der Waals surface area contributed by atoms with Crippen molar-refractivity contribution in [3.8, 4) is 0 Å². The van der Waals surface area contributed by atoms with Crippen LogP contribution in [0.25, 0.3) is 0 Å². The minimum Gasteiger partial charge on any atom is -0.267 e. The number of rotatable bonds is 3. The summed E-state index contributed by atoms with van der Waals surface area (Å²) in [4.78, 5) is 0. The lowest BCUT2D eigenvalue weighted by Gasteiger charge is -1.94. The van der Waals surface area contributed by atoms with Crippen LogP contribution < -0.4 is 0 Å². The monoisotopic (exact) mass is 168 g/mol. The third-order valence-electron chi connectivity index (χ3n) is 1.44. The third kappa shape index (κ3) is 2.75. The van der Waals surface area contributed by atoms with Crippen LogP contribution in [0.5, 0.6) is 0 Å². The van der Waals surface area contributed by atoms with Gasteiger partial charge in [0, 0.05) is 0 Å². The van der Waals surface area contributed by atoms with Gasteiger partial charge < -0.3 is 0 Å². The van der Waals surface area contributed by atoms with Crippen LogP contribution in [0, 0.1) is 0 Å². The summed E-state index contributed by atoms with van der Waals surface area (Å²) in [6.45, 7) is 0. The van der Waals surface area contributed by atoms with E-state index in [9.17, 15) is 0 Å². The zero-order valence-electron chi connectivity index (χ0n) is 5.89. The van der Waals surface area contributed by atoms with Crippen LogP contribution in [0.1, 0.15) is 5.56 Å². The summed E-state index contributed by atoms with van der Waals surface area (Å²) >= 11 is -0.258. The van der Waals surface area contributed by atoms with E-state index in [-0.39, 0.29) is 14.3 Å². The largest absolute Gasteiger partial charge is 0.377 e. The highest BCUT2D eigenvalue weighted by molar-refractivity contribution is 6.93. The highest BCUT2D eigenvalue weighted by Crippen LogP contribution is 2.02. The SMILES string of the molecule is [Cl][AlH][CH2]Cc1ccccc1. The van der Waals surface area contributed by atoms with Crippen molar-refractivity contribution in [3.05, 3.63) is 35.9 Å². The predicted octanol–water partition coefficient (Wildman–Crippen LogP) is 2.24. The van der Waals surface area contributed by atoms with E-state index in [0.717, 1.165) is 6.42 Å². The summed E-state index contributed by atoms with van der Waals surface area (Å²) in [6.07, 6.45) is 1.16. The quantitative estimate of drug-likeness (QED) is 0.608.